The predicted octanol–water partition coefficient (Wildman–Crippen LogP) is 5.44. The van der Waals surface area contributed by atoms with E-state index in [-0.39, 0.29) is 5.82 Å². The number of benzene rings is 3. The Labute approximate surface area is 196 Å². The molecule has 1 aliphatic heterocycles. The molecule has 33 heavy (non-hydrogen) atoms. The molecule has 0 aromatic heterocycles. The normalized spacial score (nSPS) is 15.8. The highest BCUT2D eigenvalue weighted by molar-refractivity contribution is 7.99. The van der Waals surface area contributed by atoms with Crippen LogP contribution in [-0.4, -0.2) is 41.7 Å². The first-order valence-electron chi connectivity index (χ1n) is 10.7. The maximum atomic E-state index is 13.7. The third-order valence-electron chi connectivity index (χ3n) is 5.60. The molecule has 1 aliphatic rings. The van der Waals surface area contributed by atoms with Gasteiger partial charge in [-0.25, -0.2) is 4.39 Å². The Kier molecular flexibility index (Phi) is 7.28. The molecule has 0 bridgehead atoms. The van der Waals surface area contributed by atoms with Gasteiger partial charge in [-0.15, -0.1) is 0 Å². The Morgan fingerprint density at radius 1 is 1.15 bits per heavy atom. The van der Waals surface area contributed by atoms with Gasteiger partial charge in [0.1, 0.15) is 24.2 Å². The van der Waals surface area contributed by atoms with Crippen LogP contribution < -0.4 is 4.74 Å². The molecule has 0 spiro atoms. The van der Waals surface area contributed by atoms with Crippen LogP contribution in [0.5, 0.6) is 5.75 Å². The lowest BCUT2D eigenvalue weighted by Gasteiger charge is -2.21. The van der Waals surface area contributed by atoms with Gasteiger partial charge in [-0.3, -0.25) is 9.69 Å². The molecule has 1 N–H and O–H groups in total. The molecule has 0 aliphatic carbocycles. The molecular weight excluding hydrogens is 439 g/mol. The number of likely N-dealkylation sites (tertiary alicyclic amines) is 1. The Bertz CT molecular complexity index is 1180. The van der Waals surface area contributed by atoms with E-state index >= 15 is 0 Å². The van der Waals surface area contributed by atoms with Crippen LogP contribution in [0.4, 0.5) is 4.39 Å². The lowest BCUT2D eigenvalue weighted by atomic mass is 10.0. The topological polar surface area (TPSA) is 73.6 Å². The molecule has 1 fully saturated rings. The fraction of sp³-hybridized carbons (Fsp3) is 0.231. The fourth-order valence-electron chi connectivity index (χ4n) is 3.93. The van der Waals surface area contributed by atoms with Crippen molar-refractivity contribution in [3.8, 4) is 22.9 Å². The molecule has 3 aromatic carbocycles. The van der Waals surface area contributed by atoms with Gasteiger partial charge in [0.25, 0.3) is 0 Å². The zero-order valence-electron chi connectivity index (χ0n) is 17.9. The summed E-state index contributed by atoms with van der Waals surface area (Å²) < 4.78 is 19.8. The van der Waals surface area contributed by atoms with Crippen molar-refractivity contribution < 1.29 is 19.0 Å². The Balaban J connectivity index is 1.56. The largest absolute Gasteiger partial charge is 0.491 e. The van der Waals surface area contributed by atoms with Crippen LogP contribution in [0, 0.1) is 17.1 Å². The summed E-state index contributed by atoms with van der Waals surface area (Å²) in [5.74, 6) is -0.444. The minimum Gasteiger partial charge on any atom is -0.491 e. The number of aliphatic carboxylic acids is 1. The second-order valence-electron chi connectivity index (χ2n) is 7.79. The van der Waals surface area contributed by atoms with E-state index < -0.39 is 12.0 Å². The highest BCUT2D eigenvalue weighted by Crippen LogP contribution is 2.38. The van der Waals surface area contributed by atoms with Gasteiger partial charge in [0.05, 0.1) is 16.5 Å². The van der Waals surface area contributed by atoms with Crippen molar-refractivity contribution in [1.82, 2.24) is 4.90 Å². The summed E-state index contributed by atoms with van der Waals surface area (Å²) in [5.41, 5.74) is 2.47. The zero-order valence-corrected chi connectivity index (χ0v) is 18.7. The highest BCUT2D eigenvalue weighted by atomic mass is 32.2. The summed E-state index contributed by atoms with van der Waals surface area (Å²) in [5, 5.41) is 18.4. The number of carboxylic acid groups (broad SMARTS) is 1. The number of nitrogens with zero attached hydrogens (tertiary/aromatic N) is 2. The second-order valence-corrected chi connectivity index (χ2v) is 8.91. The molecule has 0 unspecified atom stereocenters. The van der Waals surface area contributed by atoms with E-state index in [1.807, 2.05) is 41.3 Å². The zero-order chi connectivity index (χ0) is 23.2. The van der Waals surface area contributed by atoms with Crippen LogP contribution >= 0.6 is 11.8 Å². The summed E-state index contributed by atoms with van der Waals surface area (Å²) in [6.45, 7) is 1.61. The van der Waals surface area contributed by atoms with Gasteiger partial charge in [-0.05, 0) is 73.0 Å². The van der Waals surface area contributed by atoms with Crippen molar-refractivity contribution >= 4 is 17.7 Å². The third kappa shape index (κ3) is 5.72. The molecule has 7 heteroatoms. The van der Waals surface area contributed by atoms with Crippen LogP contribution in [0.25, 0.3) is 11.1 Å². The minimum absolute atomic E-state index is 0.301. The number of nitriles is 1. The molecule has 0 amide bonds. The van der Waals surface area contributed by atoms with E-state index in [0.29, 0.717) is 30.9 Å². The lowest BCUT2D eigenvalue weighted by Crippen LogP contribution is -2.38. The van der Waals surface area contributed by atoms with Crippen molar-refractivity contribution in [2.75, 3.05) is 19.7 Å². The summed E-state index contributed by atoms with van der Waals surface area (Å²) in [6, 6.07) is 21.2. The van der Waals surface area contributed by atoms with E-state index in [1.165, 1.54) is 23.9 Å². The van der Waals surface area contributed by atoms with E-state index in [4.69, 9.17) is 10.00 Å². The molecule has 1 atom stereocenters. The first-order valence-corrected chi connectivity index (χ1v) is 11.5. The van der Waals surface area contributed by atoms with Gasteiger partial charge in [0, 0.05) is 11.4 Å². The number of carboxylic acids is 1. The average Bonchev–Trinajstić information content (AvgIpc) is 3.29. The van der Waals surface area contributed by atoms with E-state index in [2.05, 4.69) is 6.07 Å². The fourth-order valence-corrected chi connectivity index (χ4v) is 4.85. The first kappa shape index (κ1) is 22.8. The SMILES string of the molecule is N#Cc1ccc(-c2ccc(Sc3cccc(F)c3)c(OCCN3CCC[C@H]3C(=O)O)c2)cc1. The summed E-state index contributed by atoms with van der Waals surface area (Å²) >= 11 is 1.41. The van der Waals surface area contributed by atoms with Crippen LogP contribution in [0.15, 0.2) is 76.5 Å². The molecule has 0 radical (unpaired) electrons. The van der Waals surface area contributed by atoms with E-state index in [9.17, 15) is 14.3 Å². The summed E-state index contributed by atoms with van der Waals surface area (Å²) in [4.78, 5) is 15.0. The smallest absolute Gasteiger partial charge is 0.320 e. The molecule has 1 saturated heterocycles. The third-order valence-corrected chi connectivity index (χ3v) is 6.65. The Morgan fingerprint density at radius 3 is 2.67 bits per heavy atom. The monoisotopic (exact) mass is 462 g/mol. The lowest BCUT2D eigenvalue weighted by molar-refractivity contribution is -0.142. The van der Waals surface area contributed by atoms with Crippen LogP contribution in [-0.2, 0) is 4.79 Å². The number of carbonyl (C=O) groups is 1. The van der Waals surface area contributed by atoms with Gasteiger partial charge in [-0.1, -0.05) is 36.0 Å². The quantitative estimate of drug-likeness (QED) is 0.480. The molecular formula is C26H23FN2O3S. The molecule has 3 aromatic rings. The number of halogens is 1. The molecule has 1 heterocycles. The van der Waals surface area contributed by atoms with Gasteiger partial charge in [0.2, 0.25) is 0 Å². The molecule has 5 nitrogen and oxygen atoms in total. The highest BCUT2D eigenvalue weighted by Gasteiger charge is 2.30. The molecule has 0 saturated carbocycles. The minimum atomic E-state index is -0.794. The number of rotatable bonds is 8. The maximum Gasteiger partial charge on any atom is 0.320 e. The van der Waals surface area contributed by atoms with Crippen LogP contribution in [0.3, 0.4) is 0 Å². The second kappa shape index (κ2) is 10.5. The molecule has 4 rings (SSSR count). The van der Waals surface area contributed by atoms with Gasteiger partial charge in [0.15, 0.2) is 0 Å². The number of hydrogen-bond donors (Lipinski definition) is 1. The standard InChI is InChI=1S/C26H23FN2O3S/c27-21-3-1-4-22(16-21)33-25-11-10-20(19-8-6-18(17-28)7-9-19)15-24(25)32-14-13-29-12-2-5-23(29)26(30)31/h1,3-4,6-11,15-16,23H,2,5,12-14H2,(H,30,31)/t23-/m0/s1. The first-order chi connectivity index (χ1) is 16.0. The Morgan fingerprint density at radius 2 is 1.94 bits per heavy atom. The van der Waals surface area contributed by atoms with Crippen molar-refractivity contribution in [2.24, 2.45) is 0 Å². The summed E-state index contributed by atoms with van der Waals surface area (Å²) in [6.07, 6.45) is 1.52. The van der Waals surface area contributed by atoms with E-state index in [1.54, 1.807) is 18.2 Å². The number of hydrogen-bond acceptors (Lipinski definition) is 5. The summed E-state index contributed by atoms with van der Waals surface area (Å²) in [7, 11) is 0. The van der Waals surface area contributed by atoms with Crippen molar-refractivity contribution in [1.29, 1.82) is 5.26 Å². The molecule has 168 valence electrons. The van der Waals surface area contributed by atoms with Crippen molar-refractivity contribution in [3.05, 3.63) is 78.1 Å². The van der Waals surface area contributed by atoms with Gasteiger partial charge >= 0.3 is 5.97 Å². The number of ether oxygens (including phenoxy) is 1. The Hall–Kier alpha value is -3.34. The van der Waals surface area contributed by atoms with Crippen molar-refractivity contribution in [3.63, 3.8) is 0 Å². The van der Waals surface area contributed by atoms with E-state index in [0.717, 1.165) is 33.9 Å². The maximum absolute atomic E-state index is 13.7. The van der Waals surface area contributed by atoms with Crippen molar-refractivity contribution in [2.45, 2.75) is 28.7 Å². The van der Waals surface area contributed by atoms with Crippen LogP contribution in [0.1, 0.15) is 18.4 Å². The average molecular weight is 463 g/mol. The van der Waals surface area contributed by atoms with Gasteiger partial charge in [-0.2, -0.15) is 5.26 Å². The van der Waals surface area contributed by atoms with Gasteiger partial charge < -0.3 is 9.84 Å². The van der Waals surface area contributed by atoms with Crippen LogP contribution in [0.2, 0.25) is 0 Å². The predicted molar refractivity (Wildman–Crippen MR) is 125 cm³/mol.